The lowest BCUT2D eigenvalue weighted by Crippen LogP contribution is -1.73. The van der Waals surface area contributed by atoms with Gasteiger partial charge in [-0.2, -0.15) is 0 Å². The summed E-state index contributed by atoms with van der Waals surface area (Å²) in [6.07, 6.45) is 1.17. The van der Waals surface area contributed by atoms with Crippen molar-refractivity contribution >= 4 is 6.08 Å². The molecule has 0 spiro atoms. The van der Waals surface area contributed by atoms with E-state index in [9.17, 15) is 0 Å². The Hall–Kier alpha value is -1.28. The topological polar surface area (TPSA) is 32.8 Å². The van der Waals surface area contributed by atoms with Crippen LogP contribution in [0.25, 0.3) is 6.08 Å². The van der Waals surface area contributed by atoms with Gasteiger partial charge in [0.15, 0.2) is 5.76 Å². The molecule has 1 N–H and O–H groups in total. The van der Waals surface area contributed by atoms with Gasteiger partial charge in [-0.15, -0.1) is 0 Å². The fraction of sp³-hybridized carbons (Fsp3) is 0.111. The van der Waals surface area contributed by atoms with E-state index in [1.165, 1.54) is 0 Å². The molecular weight excluding hydrogens is 140 g/mol. The van der Waals surface area contributed by atoms with Crippen LogP contribution in [-0.4, -0.2) is 11.4 Å². The quantitative estimate of drug-likeness (QED) is 0.610. The zero-order valence-corrected chi connectivity index (χ0v) is 5.90. The van der Waals surface area contributed by atoms with Gasteiger partial charge in [0.2, 0.25) is 0 Å². The summed E-state index contributed by atoms with van der Waals surface area (Å²) in [4.78, 5) is 0. The maximum Gasteiger partial charge on any atom is 0.256 e. The van der Waals surface area contributed by atoms with Gasteiger partial charge in [-0.3, -0.25) is 0 Å². The highest BCUT2D eigenvalue weighted by Crippen LogP contribution is 2.26. The third-order valence-corrected chi connectivity index (χ3v) is 1.54. The van der Waals surface area contributed by atoms with Crippen LogP contribution < -0.4 is 0 Å². The van der Waals surface area contributed by atoms with Gasteiger partial charge >= 0.3 is 0 Å². The van der Waals surface area contributed by atoms with Crippen LogP contribution in [0.15, 0.2) is 36.1 Å². The highest BCUT2D eigenvalue weighted by molar-refractivity contribution is 5.53. The zero-order chi connectivity index (χ0) is 7.68. The first-order chi connectivity index (χ1) is 5.36. The van der Waals surface area contributed by atoms with Crippen LogP contribution in [0.1, 0.15) is 5.56 Å². The van der Waals surface area contributed by atoms with Crippen LogP contribution in [0.5, 0.6) is 0 Å². The third-order valence-electron chi connectivity index (χ3n) is 1.54. The maximum atomic E-state index is 8.80. The predicted molar refractivity (Wildman–Crippen MR) is 41.5 cm³/mol. The van der Waals surface area contributed by atoms with E-state index < -0.39 is 6.29 Å². The lowest BCUT2D eigenvalue weighted by Gasteiger charge is -1.86. The van der Waals surface area contributed by atoms with E-state index in [1.54, 1.807) is 0 Å². The molecule has 1 fully saturated rings. The zero-order valence-electron chi connectivity index (χ0n) is 5.90. The average Bonchev–Trinajstić information content (AvgIpc) is 2.69. The summed E-state index contributed by atoms with van der Waals surface area (Å²) in [5.74, 6) is 0.649. The maximum absolute atomic E-state index is 8.80. The Balaban J connectivity index is 2.20. The first-order valence-electron chi connectivity index (χ1n) is 3.47. The molecular formula is C9H8O2. The smallest absolute Gasteiger partial charge is 0.256 e. The Bertz CT molecular complexity index is 277. The molecule has 1 aliphatic rings. The number of benzene rings is 1. The van der Waals surface area contributed by atoms with Crippen molar-refractivity contribution < 1.29 is 9.84 Å². The van der Waals surface area contributed by atoms with E-state index in [4.69, 9.17) is 9.84 Å². The molecule has 0 aromatic heterocycles. The second kappa shape index (κ2) is 2.40. The van der Waals surface area contributed by atoms with Gasteiger partial charge in [-0.25, -0.2) is 0 Å². The second-order valence-corrected chi connectivity index (χ2v) is 2.43. The summed E-state index contributed by atoms with van der Waals surface area (Å²) in [5.41, 5.74) is 1.05. The van der Waals surface area contributed by atoms with Gasteiger partial charge in [-0.1, -0.05) is 30.3 Å². The molecule has 56 valence electrons. The summed E-state index contributed by atoms with van der Waals surface area (Å²) in [6, 6.07) is 9.76. The van der Waals surface area contributed by atoms with E-state index >= 15 is 0 Å². The first kappa shape index (κ1) is 6.43. The first-order valence-corrected chi connectivity index (χ1v) is 3.47. The minimum atomic E-state index is -0.657. The SMILES string of the molecule is OC1OC1=Cc1ccccc1. The number of ether oxygens (including phenoxy) is 1. The summed E-state index contributed by atoms with van der Waals surface area (Å²) < 4.78 is 4.74. The summed E-state index contributed by atoms with van der Waals surface area (Å²) >= 11 is 0. The van der Waals surface area contributed by atoms with Crippen molar-refractivity contribution in [3.8, 4) is 0 Å². The number of hydrogen-bond acceptors (Lipinski definition) is 2. The summed E-state index contributed by atoms with van der Waals surface area (Å²) in [7, 11) is 0. The molecule has 1 aromatic carbocycles. The van der Waals surface area contributed by atoms with Crippen molar-refractivity contribution in [1.82, 2.24) is 0 Å². The Morgan fingerprint density at radius 1 is 1.27 bits per heavy atom. The van der Waals surface area contributed by atoms with Crippen molar-refractivity contribution in [1.29, 1.82) is 0 Å². The minimum Gasteiger partial charge on any atom is -0.455 e. The van der Waals surface area contributed by atoms with Crippen molar-refractivity contribution in [3.63, 3.8) is 0 Å². The van der Waals surface area contributed by atoms with Crippen LogP contribution in [0.4, 0.5) is 0 Å². The van der Waals surface area contributed by atoms with Crippen LogP contribution >= 0.6 is 0 Å². The number of aliphatic hydroxyl groups is 1. The second-order valence-electron chi connectivity index (χ2n) is 2.43. The Morgan fingerprint density at radius 3 is 2.45 bits per heavy atom. The van der Waals surface area contributed by atoms with E-state index in [0.717, 1.165) is 5.56 Å². The monoisotopic (exact) mass is 148 g/mol. The molecule has 2 heteroatoms. The molecule has 1 aromatic rings. The van der Waals surface area contributed by atoms with Crippen molar-refractivity contribution in [2.24, 2.45) is 0 Å². The molecule has 1 atom stereocenters. The molecule has 2 rings (SSSR count). The van der Waals surface area contributed by atoms with Crippen molar-refractivity contribution in [2.45, 2.75) is 6.29 Å². The predicted octanol–water partition coefficient (Wildman–Crippen LogP) is 1.38. The Labute approximate surface area is 64.7 Å². The molecule has 0 radical (unpaired) electrons. The molecule has 11 heavy (non-hydrogen) atoms. The van der Waals surface area contributed by atoms with Gasteiger partial charge in [0.1, 0.15) is 0 Å². The molecule has 1 unspecified atom stereocenters. The number of hydrogen-bond donors (Lipinski definition) is 1. The van der Waals surface area contributed by atoms with Gasteiger partial charge in [0.05, 0.1) is 0 Å². The van der Waals surface area contributed by atoms with E-state index in [0.29, 0.717) is 5.76 Å². The molecule has 2 nitrogen and oxygen atoms in total. The van der Waals surface area contributed by atoms with E-state index in [-0.39, 0.29) is 0 Å². The molecule has 1 saturated heterocycles. The van der Waals surface area contributed by atoms with E-state index in [2.05, 4.69) is 0 Å². The van der Waals surface area contributed by atoms with Crippen LogP contribution in [-0.2, 0) is 4.74 Å². The molecule has 1 aliphatic heterocycles. The fourth-order valence-electron chi connectivity index (χ4n) is 0.914. The lowest BCUT2D eigenvalue weighted by molar-refractivity contribution is 0.156. The summed E-state index contributed by atoms with van der Waals surface area (Å²) in [6.45, 7) is 0. The molecule has 0 bridgehead atoms. The van der Waals surface area contributed by atoms with Gasteiger partial charge in [0, 0.05) is 0 Å². The van der Waals surface area contributed by atoms with Gasteiger partial charge in [0.25, 0.3) is 6.29 Å². The van der Waals surface area contributed by atoms with Crippen LogP contribution in [0, 0.1) is 0 Å². The minimum absolute atomic E-state index is 0.649. The van der Waals surface area contributed by atoms with E-state index in [1.807, 2.05) is 36.4 Å². The highest BCUT2D eigenvalue weighted by atomic mass is 16.7. The normalized spacial score (nSPS) is 24.8. The van der Waals surface area contributed by atoms with Crippen molar-refractivity contribution in [3.05, 3.63) is 41.7 Å². The largest absolute Gasteiger partial charge is 0.455 e. The summed E-state index contributed by atoms with van der Waals surface area (Å²) in [5, 5.41) is 8.80. The number of rotatable bonds is 1. The standard InChI is InChI=1S/C9H8O2/c10-9-8(11-9)6-7-4-2-1-3-5-7/h1-6,9-10H. The third kappa shape index (κ3) is 1.41. The Kier molecular flexibility index (Phi) is 1.40. The van der Waals surface area contributed by atoms with Gasteiger partial charge < -0.3 is 9.84 Å². The lowest BCUT2D eigenvalue weighted by atomic mass is 10.2. The fourth-order valence-corrected chi connectivity index (χ4v) is 0.914. The van der Waals surface area contributed by atoms with Gasteiger partial charge in [-0.05, 0) is 11.6 Å². The molecule has 0 aliphatic carbocycles. The molecule has 0 amide bonds. The average molecular weight is 148 g/mol. The number of aliphatic hydroxyl groups excluding tert-OH is 1. The number of epoxide rings is 1. The highest BCUT2D eigenvalue weighted by Gasteiger charge is 2.29. The molecule has 1 heterocycles. The Morgan fingerprint density at radius 2 is 1.91 bits per heavy atom. The van der Waals surface area contributed by atoms with Crippen LogP contribution in [0.2, 0.25) is 0 Å². The van der Waals surface area contributed by atoms with Crippen LogP contribution in [0.3, 0.4) is 0 Å². The van der Waals surface area contributed by atoms with Crippen molar-refractivity contribution in [2.75, 3.05) is 0 Å². The molecule has 0 saturated carbocycles.